The molecule has 2 saturated heterocycles. The normalized spacial score (nSPS) is 27.6. The van der Waals surface area contributed by atoms with E-state index in [1.165, 1.54) is 84.5 Å². The van der Waals surface area contributed by atoms with Crippen molar-refractivity contribution in [3.05, 3.63) is 0 Å². The van der Waals surface area contributed by atoms with Gasteiger partial charge in [0.15, 0.2) is 0 Å². The summed E-state index contributed by atoms with van der Waals surface area (Å²) >= 11 is 0. The number of carbonyl (C=O) groups excluding carboxylic acids is 1. The molecule has 1 saturated carbocycles. The van der Waals surface area contributed by atoms with E-state index in [2.05, 4.69) is 33.9 Å². The van der Waals surface area contributed by atoms with Crippen LogP contribution in [-0.2, 0) is 4.79 Å². The Bertz CT molecular complexity index is 457. The van der Waals surface area contributed by atoms with Gasteiger partial charge >= 0.3 is 0 Å². The van der Waals surface area contributed by atoms with E-state index < -0.39 is 0 Å². The van der Waals surface area contributed by atoms with Crippen molar-refractivity contribution in [2.75, 3.05) is 52.4 Å². The molecule has 0 bridgehead atoms. The largest absolute Gasteiger partial charge is 0.353 e. The third kappa shape index (κ3) is 4.79. The molecule has 1 spiro atoms. The smallest absolute Gasteiger partial charge is 0.219 e. The highest BCUT2D eigenvalue weighted by atomic mass is 16.1. The minimum atomic E-state index is 0. The molecular weight excluding hydrogens is 324 g/mol. The Kier molecular flexibility index (Phi) is 6.98. The summed E-state index contributed by atoms with van der Waals surface area (Å²) in [6.45, 7) is 16.4. The average molecular weight is 367 g/mol. The zero-order valence-electron chi connectivity index (χ0n) is 17.3. The maximum atomic E-state index is 11.7. The van der Waals surface area contributed by atoms with Crippen LogP contribution in [0.25, 0.3) is 0 Å². The molecule has 1 unspecified atom stereocenters. The van der Waals surface area contributed by atoms with Crippen molar-refractivity contribution in [1.82, 2.24) is 20.0 Å². The highest BCUT2D eigenvalue weighted by molar-refractivity contribution is 5.76. The Morgan fingerprint density at radius 2 is 1.65 bits per heavy atom. The Balaban J connectivity index is 0.00000261. The summed E-state index contributed by atoms with van der Waals surface area (Å²) in [7, 11) is 0. The van der Waals surface area contributed by atoms with E-state index in [0.29, 0.717) is 23.9 Å². The first kappa shape index (κ1) is 20.1. The SMILES string of the molecule is CCC(=O)NC1CCC12CCN(CCCN1CCN(C(C)C)CC1)CC2.[HH]. The first-order valence-corrected chi connectivity index (χ1v) is 11.0. The fourth-order valence-electron chi connectivity index (χ4n) is 5.06. The fraction of sp³-hybridized carbons (Fsp3) is 0.952. The van der Waals surface area contributed by atoms with Gasteiger partial charge < -0.3 is 15.1 Å². The summed E-state index contributed by atoms with van der Waals surface area (Å²) in [4.78, 5) is 19.6. The number of hydrogen-bond acceptors (Lipinski definition) is 4. The number of rotatable bonds is 7. The summed E-state index contributed by atoms with van der Waals surface area (Å²) in [6.07, 6.45) is 6.96. The number of nitrogens with zero attached hydrogens (tertiary/aromatic N) is 3. The summed E-state index contributed by atoms with van der Waals surface area (Å²) in [5, 5.41) is 3.27. The van der Waals surface area contributed by atoms with Gasteiger partial charge in [0.25, 0.3) is 0 Å². The fourth-order valence-corrected chi connectivity index (χ4v) is 5.06. The van der Waals surface area contributed by atoms with Gasteiger partial charge in [-0.15, -0.1) is 0 Å². The molecule has 1 amide bonds. The molecule has 2 aliphatic heterocycles. The second-order valence-electron chi connectivity index (χ2n) is 9.04. The zero-order chi connectivity index (χ0) is 18.6. The van der Waals surface area contributed by atoms with E-state index >= 15 is 0 Å². The summed E-state index contributed by atoms with van der Waals surface area (Å²) < 4.78 is 0. The van der Waals surface area contributed by atoms with Gasteiger partial charge in [0, 0.05) is 46.1 Å². The molecule has 1 aliphatic carbocycles. The van der Waals surface area contributed by atoms with Crippen molar-refractivity contribution in [1.29, 1.82) is 0 Å². The summed E-state index contributed by atoms with van der Waals surface area (Å²) in [6, 6.07) is 1.14. The highest BCUT2D eigenvalue weighted by Crippen LogP contribution is 2.49. The second-order valence-corrected chi connectivity index (χ2v) is 9.04. The topological polar surface area (TPSA) is 38.8 Å². The van der Waals surface area contributed by atoms with Gasteiger partial charge in [-0.05, 0) is 77.5 Å². The summed E-state index contributed by atoms with van der Waals surface area (Å²) in [5.74, 6) is 0.231. The van der Waals surface area contributed by atoms with E-state index in [1.807, 2.05) is 6.92 Å². The number of likely N-dealkylation sites (tertiary alicyclic amines) is 1. The van der Waals surface area contributed by atoms with Crippen molar-refractivity contribution in [2.24, 2.45) is 5.41 Å². The van der Waals surface area contributed by atoms with Crippen LogP contribution < -0.4 is 5.32 Å². The van der Waals surface area contributed by atoms with Crippen LogP contribution in [0.4, 0.5) is 0 Å². The third-order valence-electron chi connectivity index (χ3n) is 7.26. The van der Waals surface area contributed by atoms with E-state index in [4.69, 9.17) is 0 Å². The van der Waals surface area contributed by atoms with Crippen LogP contribution in [0.15, 0.2) is 0 Å². The maximum Gasteiger partial charge on any atom is 0.219 e. The molecule has 152 valence electrons. The number of carbonyl (C=O) groups is 1. The van der Waals surface area contributed by atoms with E-state index in [1.54, 1.807) is 0 Å². The molecule has 3 rings (SSSR count). The first-order valence-electron chi connectivity index (χ1n) is 11.0. The molecule has 3 fully saturated rings. The lowest BCUT2D eigenvalue weighted by atomic mass is 9.59. The average Bonchev–Trinajstić information content (AvgIpc) is 2.66. The highest BCUT2D eigenvalue weighted by Gasteiger charge is 2.48. The number of nitrogens with one attached hydrogen (secondary N) is 1. The van der Waals surface area contributed by atoms with Gasteiger partial charge in [-0.1, -0.05) is 6.92 Å². The lowest BCUT2D eigenvalue weighted by Crippen LogP contribution is -2.59. The third-order valence-corrected chi connectivity index (χ3v) is 7.26. The molecule has 5 heteroatoms. The molecule has 0 aromatic carbocycles. The van der Waals surface area contributed by atoms with Crippen LogP contribution in [-0.4, -0.2) is 85.0 Å². The van der Waals surface area contributed by atoms with Crippen LogP contribution in [0, 0.1) is 5.41 Å². The molecule has 0 aromatic rings. The quantitative estimate of drug-likeness (QED) is 0.751. The molecule has 3 aliphatic rings. The van der Waals surface area contributed by atoms with Crippen molar-refractivity contribution < 1.29 is 6.22 Å². The number of hydrogen-bond donors (Lipinski definition) is 1. The van der Waals surface area contributed by atoms with Crippen LogP contribution in [0.5, 0.6) is 0 Å². The lowest BCUT2D eigenvalue weighted by Gasteiger charge is -2.54. The van der Waals surface area contributed by atoms with Gasteiger partial charge in [-0.2, -0.15) is 0 Å². The standard InChI is InChI=1S/C21H40N4O.H2/c1-4-20(26)22-19-6-7-21(19)8-12-23(13-9-21)10-5-11-24-14-16-25(17-15-24)18(2)3;/h18-19H,4-17H2,1-3H3,(H,22,26);1H. The van der Waals surface area contributed by atoms with Gasteiger partial charge in [0.1, 0.15) is 0 Å². The Morgan fingerprint density at radius 1 is 1.04 bits per heavy atom. The van der Waals surface area contributed by atoms with Crippen molar-refractivity contribution in [3.63, 3.8) is 0 Å². The zero-order valence-corrected chi connectivity index (χ0v) is 17.3. The predicted molar refractivity (Wildman–Crippen MR) is 109 cm³/mol. The number of piperidine rings is 1. The van der Waals surface area contributed by atoms with Gasteiger partial charge in [-0.25, -0.2) is 0 Å². The van der Waals surface area contributed by atoms with Gasteiger partial charge in [0.05, 0.1) is 0 Å². The van der Waals surface area contributed by atoms with Crippen molar-refractivity contribution >= 4 is 5.91 Å². The number of amides is 1. The monoisotopic (exact) mass is 366 g/mol. The van der Waals surface area contributed by atoms with E-state index in [-0.39, 0.29) is 7.33 Å². The van der Waals surface area contributed by atoms with E-state index in [0.717, 1.165) is 0 Å². The Hall–Kier alpha value is -0.650. The van der Waals surface area contributed by atoms with Crippen LogP contribution in [0.2, 0.25) is 0 Å². The van der Waals surface area contributed by atoms with Crippen LogP contribution in [0.1, 0.15) is 60.7 Å². The Labute approximate surface area is 161 Å². The van der Waals surface area contributed by atoms with Crippen LogP contribution in [0.3, 0.4) is 0 Å². The maximum absolute atomic E-state index is 11.7. The second kappa shape index (κ2) is 9.03. The van der Waals surface area contributed by atoms with Gasteiger partial charge in [-0.3, -0.25) is 9.69 Å². The molecule has 1 atom stereocenters. The molecule has 2 heterocycles. The molecule has 0 radical (unpaired) electrons. The number of piperazine rings is 1. The van der Waals surface area contributed by atoms with Crippen LogP contribution >= 0.6 is 0 Å². The lowest BCUT2D eigenvalue weighted by molar-refractivity contribution is -0.125. The molecular formula is C21H42N4O. The minimum Gasteiger partial charge on any atom is -0.353 e. The first-order chi connectivity index (χ1) is 12.5. The van der Waals surface area contributed by atoms with E-state index in [9.17, 15) is 4.79 Å². The molecule has 5 nitrogen and oxygen atoms in total. The minimum absolute atomic E-state index is 0. The Morgan fingerprint density at radius 3 is 2.15 bits per heavy atom. The summed E-state index contributed by atoms with van der Waals surface area (Å²) in [5.41, 5.74) is 0.425. The van der Waals surface area contributed by atoms with Crippen molar-refractivity contribution in [2.45, 2.75) is 71.4 Å². The van der Waals surface area contributed by atoms with Gasteiger partial charge in [0.2, 0.25) is 5.91 Å². The van der Waals surface area contributed by atoms with Crippen molar-refractivity contribution in [3.8, 4) is 0 Å². The molecule has 0 aromatic heterocycles. The molecule has 1 N–H and O–H groups in total. The predicted octanol–water partition coefficient (Wildman–Crippen LogP) is 2.42. The molecule has 26 heavy (non-hydrogen) atoms.